The Kier molecular flexibility index (Phi) is 5.88. The third-order valence-electron chi connectivity index (χ3n) is 6.07. The van der Waals surface area contributed by atoms with Crippen molar-refractivity contribution < 1.29 is 9.59 Å². The second kappa shape index (κ2) is 9.64. The topological polar surface area (TPSA) is 76.3 Å². The van der Waals surface area contributed by atoms with Gasteiger partial charge in [0.2, 0.25) is 10.6 Å². The molecule has 1 aliphatic rings. The Morgan fingerprint density at radius 3 is 2.49 bits per heavy atom. The summed E-state index contributed by atoms with van der Waals surface area (Å²) in [4.78, 5) is 26.4. The largest absolute Gasteiger partial charge is 0.289 e. The summed E-state index contributed by atoms with van der Waals surface area (Å²) in [6.07, 6.45) is 4.95. The summed E-state index contributed by atoms with van der Waals surface area (Å²) in [5, 5.41) is 11.5. The van der Waals surface area contributed by atoms with E-state index in [2.05, 4.69) is 15.6 Å². The molecular weight excluding hydrogens is 480 g/mol. The lowest BCUT2D eigenvalue weighted by atomic mass is 9.92. The molecule has 6 rings (SSSR count). The summed E-state index contributed by atoms with van der Waals surface area (Å²) in [5.74, 6) is -0.282. The maximum absolute atomic E-state index is 13.4. The second-order valence-electron chi connectivity index (χ2n) is 8.41. The summed E-state index contributed by atoms with van der Waals surface area (Å²) < 4.78 is 1.63. The third kappa shape index (κ3) is 4.44. The number of hydrogen-bond donors (Lipinski definition) is 1. The number of rotatable bonds is 5. The van der Waals surface area contributed by atoms with Crippen molar-refractivity contribution in [3.8, 4) is 5.69 Å². The first-order valence-electron chi connectivity index (χ1n) is 11.7. The molecule has 0 atom stereocenters. The van der Waals surface area contributed by atoms with Gasteiger partial charge in [0.1, 0.15) is 0 Å². The predicted molar refractivity (Wildman–Crippen MR) is 146 cm³/mol. The van der Waals surface area contributed by atoms with E-state index in [4.69, 9.17) is 0 Å². The molecule has 0 bridgehead atoms. The summed E-state index contributed by atoms with van der Waals surface area (Å²) in [6.45, 7) is 0. The second-order valence-corrected chi connectivity index (χ2v) is 9.37. The minimum atomic E-state index is -0.179. The molecule has 0 amide bonds. The minimum absolute atomic E-state index is 0.103. The maximum atomic E-state index is 13.4. The van der Waals surface area contributed by atoms with Gasteiger partial charge < -0.3 is 0 Å². The molecule has 7 heteroatoms. The van der Waals surface area contributed by atoms with Crippen LogP contribution in [0.5, 0.6) is 0 Å². The number of aromatic nitrogens is 2. The van der Waals surface area contributed by atoms with E-state index >= 15 is 0 Å². The third-order valence-corrected chi connectivity index (χ3v) is 6.97. The molecule has 178 valence electrons. The van der Waals surface area contributed by atoms with Gasteiger partial charge in [-0.05, 0) is 46.2 Å². The Morgan fingerprint density at radius 2 is 1.62 bits per heavy atom. The Balaban J connectivity index is 1.39. The zero-order chi connectivity index (χ0) is 25.2. The van der Waals surface area contributed by atoms with E-state index in [1.165, 1.54) is 11.3 Å². The molecule has 0 saturated carbocycles. The van der Waals surface area contributed by atoms with Crippen LogP contribution in [0.1, 0.15) is 26.5 Å². The molecule has 0 aliphatic heterocycles. The summed E-state index contributed by atoms with van der Waals surface area (Å²) in [6, 6.07) is 30.7. The molecule has 0 radical (unpaired) electrons. The van der Waals surface area contributed by atoms with Crippen LogP contribution in [0.25, 0.3) is 28.1 Å². The summed E-state index contributed by atoms with van der Waals surface area (Å²) >= 11 is 1.18. The van der Waals surface area contributed by atoms with Gasteiger partial charge in [-0.2, -0.15) is 5.10 Å². The zero-order valence-corrected chi connectivity index (χ0v) is 20.4. The average Bonchev–Trinajstić information content (AvgIpc) is 3.38. The van der Waals surface area contributed by atoms with Crippen LogP contribution in [0.3, 0.4) is 0 Å². The van der Waals surface area contributed by atoms with Crippen LogP contribution in [0, 0.1) is 0 Å². The van der Waals surface area contributed by atoms with Gasteiger partial charge in [0.05, 0.1) is 5.69 Å². The van der Waals surface area contributed by atoms with Crippen LogP contribution >= 0.6 is 11.3 Å². The molecular formula is C30H20N4O2S. The van der Waals surface area contributed by atoms with Crippen LogP contribution in [0.2, 0.25) is 0 Å². The molecule has 6 nitrogen and oxygen atoms in total. The molecule has 1 heterocycles. The fourth-order valence-corrected chi connectivity index (χ4v) is 5.05. The number of carbonyl (C=O) groups is 2. The van der Waals surface area contributed by atoms with Gasteiger partial charge in [0.25, 0.3) is 0 Å². The number of para-hydroxylation sites is 1. The van der Waals surface area contributed by atoms with Crippen LogP contribution in [-0.4, -0.2) is 21.3 Å². The number of carbonyl (C=O) groups excluding carboxylic acids is 2. The van der Waals surface area contributed by atoms with E-state index in [1.54, 1.807) is 17.0 Å². The standard InChI is InChI=1S/C30H20N4O2S/c35-27-17-16-21-9-6-7-13-25(21)26(27)19-31-32-30-34(24-11-2-1-3-12-24)33-29(37-30)28(36)23-15-14-20-8-4-5-10-22(20)18-23/h1-19,31H/b26-19-,32-30-. The monoisotopic (exact) mass is 500 g/mol. The minimum Gasteiger partial charge on any atom is -0.289 e. The van der Waals surface area contributed by atoms with Gasteiger partial charge in [0, 0.05) is 17.3 Å². The van der Waals surface area contributed by atoms with E-state index in [-0.39, 0.29) is 11.6 Å². The number of ketones is 2. The van der Waals surface area contributed by atoms with Gasteiger partial charge >= 0.3 is 0 Å². The number of fused-ring (bicyclic) bond motifs is 2. The lowest BCUT2D eigenvalue weighted by molar-refractivity contribution is -0.109. The van der Waals surface area contributed by atoms with Gasteiger partial charge in [0.15, 0.2) is 10.8 Å². The molecule has 1 aromatic heterocycles. The normalized spacial score (nSPS) is 14.2. The Morgan fingerprint density at radius 1 is 0.865 bits per heavy atom. The fraction of sp³-hybridized carbons (Fsp3) is 0. The highest BCUT2D eigenvalue weighted by Crippen LogP contribution is 2.25. The van der Waals surface area contributed by atoms with Crippen LogP contribution in [-0.2, 0) is 4.79 Å². The maximum Gasteiger partial charge on any atom is 0.231 e. The van der Waals surface area contributed by atoms with Crippen molar-refractivity contribution in [2.45, 2.75) is 0 Å². The predicted octanol–water partition coefficient (Wildman–Crippen LogP) is 5.36. The Labute approximate surface area is 216 Å². The van der Waals surface area contributed by atoms with Crippen molar-refractivity contribution in [2.75, 3.05) is 0 Å². The average molecular weight is 501 g/mol. The molecule has 4 aromatic carbocycles. The van der Waals surface area contributed by atoms with Gasteiger partial charge in [-0.1, -0.05) is 96.3 Å². The van der Waals surface area contributed by atoms with Crippen molar-refractivity contribution in [3.63, 3.8) is 0 Å². The van der Waals surface area contributed by atoms with Crippen LogP contribution < -0.4 is 10.2 Å². The highest BCUT2D eigenvalue weighted by molar-refractivity contribution is 7.11. The lowest BCUT2D eigenvalue weighted by Gasteiger charge is -2.12. The molecule has 1 aliphatic carbocycles. The van der Waals surface area contributed by atoms with Gasteiger partial charge in [-0.3, -0.25) is 15.0 Å². The molecule has 1 N–H and O–H groups in total. The van der Waals surface area contributed by atoms with Crippen molar-refractivity contribution in [1.29, 1.82) is 0 Å². The molecule has 0 saturated heterocycles. The first-order valence-corrected chi connectivity index (χ1v) is 12.5. The van der Waals surface area contributed by atoms with Gasteiger partial charge in [-0.15, -0.1) is 5.10 Å². The van der Waals surface area contributed by atoms with Crippen molar-refractivity contribution in [2.24, 2.45) is 5.10 Å². The number of benzene rings is 4. The van der Waals surface area contributed by atoms with Crippen molar-refractivity contribution in [1.82, 2.24) is 15.2 Å². The van der Waals surface area contributed by atoms with E-state index in [0.29, 0.717) is 20.9 Å². The van der Waals surface area contributed by atoms with Gasteiger partial charge in [-0.25, -0.2) is 4.68 Å². The van der Waals surface area contributed by atoms with E-state index in [1.807, 2.05) is 103 Å². The molecule has 0 unspecified atom stereocenters. The first-order chi connectivity index (χ1) is 18.2. The summed E-state index contributed by atoms with van der Waals surface area (Å²) in [5.41, 5.74) is 6.57. The lowest BCUT2D eigenvalue weighted by Crippen LogP contribution is -2.18. The quantitative estimate of drug-likeness (QED) is 0.200. The number of nitrogens with zero attached hydrogens (tertiary/aromatic N) is 3. The number of hydrogen-bond acceptors (Lipinski definition) is 6. The smallest absolute Gasteiger partial charge is 0.231 e. The first kappa shape index (κ1) is 22.6. The Hall–Kier alpha value is -4.88. The summed E-state index contributed by atoms with van der Waals surface area (Å²) in [7, 11) is 0. The Bertz CT molecular complexity index is 1800. The molecule has 0 spiro atoms. The van der Waals surface area contributed by atoms with Crippen molar-refractivity contribution >= 4 is 45.3 Å². The highest BCUT2D eigenvalue weighted by atomic mass is 32.1. The molecule has 0 fully saturated rings. The number of nitrogens with one attached hydrogen (secondary N) is 1. The van der Waals surface area contributed by atoms with Crippen LogP contribution in [0.4, 0.5) is 0 Å². The van der Waals surface area contributed by atoms with E-state index < -0.39 is 0 Å². The molecule has 37 heavy (non-hydrogen) atoms. The van der Waals surface area contributed by atoms with E-state index in [0.717, 1.165) is 27.6 Å². The fourth-order valence-electron chi connectivity index (χ4n) is 4.21. The highest BCUT2D eigenvalue weighted by Gasteiger charge is 2.18. The molecule has 5 aromatic rings. The van der Waals surface area contributed by atoms with E-state index in [9.17, 15) is 9.59 Å². The van der Waals surface area contributed by atoms with Crippen LogP contribution in [0.15, 0.2) is 114 Å². The van der Waals surface area contributed by atoms with Crippen molar-refractivity contribution in [3.05, 3.63) is 136 Å². The number of allylic oxidation sites excluding steroid dienone is 2. The zero-order valence-electron chi connectivity index (χ0n) is 19.5. The SMILES string of the molecule is O=C1C=Cc2ccccc2/C1=C/N/N=c1\sc(C(=O)c2ccc3ccccc3c2)nn1-c1ccccc1.